The molecule has 9 heteroatoms. The van der Waals surface area contributed by atoms with Crippen LogP contribution in [0.3, 0.4) is 0 Å². The van der Waals surface area contributed by atoms with E-state index in [1.54, 1.807) is 24.7 Å². The maximum Gasteiger partial charge on any atom is 0.332 e. The average Bonchev–Trinajstić information content (AvgIpc) is 3.01. The molecule has 1 aliphatic heterocycles. The Labute approximate surface area is 172 Å². The number of ether oxygens (including phenoxy) is 1. The van der Waals surface area contributed by atoms with Gasteiger partial charge in [-0.3, -0.25) is 13.9 Å². The molecule has 0 amide bonds. The minimum Gasteiger partial charge on any atom is -0.372 e. The molecule has 1 aromatic carbocycles. The van der Waals surface area contributed by atoms with Gasteiger partial charge in [0, 0.05) is 32.2 Å². The molecule has 0 spiro atoms. The number of morpholine rings is 1. The van der Waals surface area contributed by atoms with Crippen molar-refractivity contribution in [3.05, 3.63) is 55.7 Å². The Morgan fingerprint density at radius 2 is 1.76 bits per heavy atom. The zero-order valence-corrected chi connectivity index (χ0v) is 17.7. The first-order chi connectivity index (χ1) is 13.8. The van der Waals surface area contributed by atoms with Gasteiger partial charge < -0.3 is 14.2 Å². The van der Waals surface area contributed by atoms with Gasteiger partial charge in [-0.2, -0.15) is 4.98 Å². The molecule has 154 valence electrons. The number of hydrogen-bond donors (Lipinski definition) is 0. The van der Waals surface area contributed by atoms with Crippen LogP contribution in [0.25, 0.3) is 11.2 Å². The van der Waals surface area contributed by atoms with E-state index in [1.165, 1.54) is 9.13 Å². The number of imidazole rings is 1. The van der Waals surface area contributed by atoms with Gasteiger partial charge in [0.15, 0.2) is 11.2 Å². The third-order valence-corrected chi connectivity index (χ3v) is 5.69. The fourth-order valence-corrected chi connectivity index (χ4v) is 4.19. The molecule has 0 bridgehead atoms. The molecule has 0 saturated carbocycles. The van der Waals surface area contributed by atoms with Crippen LogP contribution in [-0.4, -0.2) is 44.0 Å². The Hall–Kier alpha value is -2.58. The first-order valence-corrected chi connectivity index (χ1v) is 9.95. The second kappa shape index (κ2) is 7.35. The lowest BCUT2D eigenvalue weighted by atomic mass is 10.2. The minimum atomic E-state index is -0.421. The predicted molar refractivity (Wildman–Crippen MR) is 113 cm³/mol. The monoisotopic (exact) mass is 417 g/mol. The Kier molecular flexibility index (Phi) is 5.00. The highest BCUT2D eigenvalue weighted by atomic mass is 35.5. The highest BCUT2D eigenvalue weighted by molar-refractivity contribution is 6.31. The molecule has 2 aromatic heterocycles. The van der Waals surface area contributed by atoms with Crippen molar-refractivity contribution in [2.24, 2.45) is 14.1 Å². The zero-order valence-electron chi connectivity index (χ0n) is 16.9. The molecule has 0 radical (unpaired) electrons. The van der Waals surface area contributed by atoms with Gasteiger partial charge in [-0.15, -0.1) is 0 Å². The summed E-state index contributed by atoms with van der Waals surface area (Å²) < 4.78 is 10.2. The van der Waals surface area contributed by atoms with Crippen LogP contribution in [0, 0.1) is 0 Å². The lowest BCUT2D eigenvalue weighted by Gasteiger charge is -2.35. The van der Waals surface area contributed by atoms with Crippen LogP contribution in [0.1, 0.15) is 19.4 Å². The Balaban J connectivity index is 1.87. The number of benzene rings is 1. The van der Waals surface area contributed by atoms with E-state index in [9.17, 15) is 9.59 Å². The van der Waals surface area contributed by atoms with Crippen LogP contribution >= 0.6 is 11.6 Å². The Bertz CT molecular complexity index is 1190. The quantitative estimate of drug-likeness (QED) is 0.649. The van der Waals surface area contributed by atoms with Gasteiger partial charge in [-0.25, -0.2) is 4.79 Å². The van der Waals surface area contributed by atoms with E-state index >= 15 is 0 Å². The van der Waals surface area contributed by atoms with Crippen LogP contribution in [0.4, 0.5) is 5.95 Å². The molecule has 1 aliphatic rings. The Morgan fingerprint density at radius 3 is 2.41 bits per heavy atom. The van der Waals surface area contributed by atoms with Crippen molar-refractivity contribution >= 4 is 28.7 Å². The Morgan fingerprint density at radius 1 is 1.10 bits per heavy atom. The normalized spacial score (nSPS) is 19.8. The van der Waals surface area contributed by atoms with E-state index in [-0.39, 0.29) is 24.3 Å². The summed E-state index contributed by atoms with van der Waals surface area (Å²) in [4.78, 5) is 32.9. The van der Waals surface area contributed by atoms with Crippen molar-refractivity contribution < 1.29 is 4.74 Å². The molecule has 8 nitrogen and oxygen atoms in total. The highest BCUT2D eigenvalue weighted by Gasteiger charge is 2.27. The van der Waals surface area contributed by atoms with Crippen molar-refractivity contribution in [2.45, 2.75) is 32.6 Å². The number of anilines is 1. The van der Waals surface area contributed by atoms with Crippen molar-refractivity contribution in [2.75, 3.05) is 18.0 Å². The molecular weight excluding hydrogens is 394 g/mol. The average molecular weight is 418 g/mol. The number of aryl methyl sites for hydroxylation is 2. The molecule has 1 fully saturated rings. The van der Waals surface area contributed by atoms with Gasteiger partial charge in [0.25, 0.3) is 5.56 Å². The second-order valence-electron chi connectivity index (χ2n) is 7.63. The molecule has 3 heterocycles. The summed E-state index contributed by atoms with van der Waals surface area (Å²) in [6.07, 6.45) is 0.110. The van der Waals surface area contributed by atoms with Crippen molar-refractivity contribution in [3.63, 3.8) is 0 Å². The first kappa shape index (κ1) is 19.7. The van der Waals surface area contributed by atoms with Gasteiger partial charge in [0.1, 0.15) is 0 Å². The topological polar surface area (TPSA) is 74.3 Å². The van der Waals surface area contributed by atoms with Crippen molar-refractivity contribution in [3.8, 4) is 0 Å². The summed E-state index contributed by atoms with van der Waals surface area (Å²) >= 11 is 6.24. The zero-order chi connectivity index (χ0) is 20.9. The smallest absolute Gasteiger partial charge is 0.332 e. The molecule has 1 saturated heterocycles. The summed E-state index contributed by atoms with van der Waals surface area (Å²) in [6, 6.07) is 7.20. The maximum absolute atomic E-state index is 13.3. The van der Waals surface area contributed by atoms with Gasteiger partial charge in [0.05, 0.1) is 18.8 Å². The minimum absolute atomic E-state index is 0.0549. The predicted octanol–water partition coefficient (Wildman–Crippen LogP) is 1.75. The highest BCUT2D eigenvalue weighted by Crippen LogP contribution is 2.22. The molecule has 0 aliphatic carbocycles. The van der Waals surface area contributed by atoms with Gasteiger partial charge in [-0.1, -0.05) is 29.8 Å². The molecule has 29 heavy (non-hydrogen) atoms. The van der Waals surface area contributed by atoms with E-state index in [2.05, 4.69) is 9.88 Å². The molecule has 0 N–H and O–H groups in total. The van der Waals surface area contributed by atoms with Crippen LogP contribution in [-0.2, 0) is 25.4 Å². The number of halogens is 1. The number of rotatable bonds is 3. The molecular formula is C20H24ClN5O3. The summed E-state index contributed by atoms with van der Waals surface area (Å²) in [7, 11) is 3.44. The first-order valence-electron chi connectivity index (χ1n) is 9.58. The van der Waals surface area contributed by atoms with Crippen LogP contribution in [0.5, 0.6) is 0 Å². The molecule has 3 aromatic rings. The van der Waals surface area contributed by atoms with E-state index in [0.717, 1.165) is 0 Å². The third-order valence-electron chi connectivity index (χ3n) is 5.33. The number of hydrogen-bond acceptors (Lipinski definition) is 5. The number of aromatic nitrogens is 4. The fraction of sp³-hybridized carbons (Fsp3) is 0.450. The molecule has 2 atom stereocenters. The lowest BCUT2D eigenvalue weighted by Crippen LogP contribution is -2.46. The summed E-state index contributed by atoms with van der Waals surface area (Å²) in [5.74, 6) is 0.657. The van der Waals surface area contributed by atoms with E-state index in [0.29, 0.717) is 40.8 Å². The third kappa shape index (κ3) is 3.36. The summed E-state index contributed by atoms with van der Waals surface area (Å²) in [6.45, 7) is 5.47. The van der Waals surface area contributed by atoms with Crippen molar-refractivity contribution in [1.29, 1.82) is 0 Å². The summed E-state index contributed by atoms with van der Waals surface area (Å²) in [5.41, 5.74) is 0.681. The number of nitrogens with zero attached hydrogens (tertiary/aromatic N) is 5. The molecule has 4 rings (SSSR count). The fourth-order valence-electron chi connectivity index (χ4n) is 3.99. The lowest BCUT2D eigenvalue weighted by molar-refractivity contribution is -0.00583. The maximum atomic E-state index is 13.3. The molecule has 2 unspecified atom stereocenters. The van der Waals surface area contributed by atoms with Crippen molar-refractivity contribution in [1.82, 2.24) is 18.7 Å². The van der Waals surface area contributed by atoms with Crippen LogP contribution < -0.4 is 16.1 Å². The van der Waals surface area contributed by atoms with E-state index in [1.807, 2.05) is 32.0 Å². The second-order valence-corrected chi connectivity index (χ2v) is 8.04. The largest absolute Gasteiger partial charge is 0.372 e. The van der Waals surface area contributed by atoms with Gasteiger partial charge in [0.2, 0.25) is 5.95 Å². The van der Waals surface area contributed by atoms with E-state index in [4.69, 9.17) is 16.3 Å². The van der Waals surface area contributed by atoms with E-state index < -0.39 is 5.69 Å². The van der Waals surface area contributed by atoms with Gasteiger partial charge in [-0.05, 0) is 25.5 Å². The standard InChI is InChI=1S/C20H24ClN5O3/c1-12-9-25(10-13(2)29-12)19-22-17-16(23(19)3)18(27)26(20(28)24(17)4)11-14-7-5-6-8-15(14)21/h5-8,12-13H,9-11H2,1-4H3. The SMILES string of the molecule is CC1CN(c2nc3c(c(=O)n(Cc4ccccc4Cl)c(=O)n3C)n2C)CC(C)O1. The van der Waals surface area contributed by atoms with Gasteiger partial charge >= 0.3 is 5.69 Å². The summed E-state index contributed by atoms with van der Waals surface area (Å²) in [5, 5.41) is 0.517. The number of fused-ring (bicyclic) bond motifs is 1. The van der Waals surface area contributed by atoms with Crippen LogP contribution in [0.15, 0.2) is 33.9 Å². The van der Waals surface area contributed by atoms with Crippen LogP contribution in [0.2, 0.25) is 5.02 Å².